The van der Waals surface area contributed by atoms with E-state index in [0.29, 0.717) is 27.9 Å². The summed E-state index contributed by atoms with van der Waals surface area (Å²) in [5.74, 6) is -0.274. The Balaban J connectivity index is 1.98. The largest absolute Gasteiger partial charge is 0.427 e. The minimum absolute atomic E-state index is 0.344. The van der Waals surface area contributed by atoms with Crippen LogP contribution in [-0.2, 0) is 11.2 Å². The van der Waals surface area contributed by atoms with Crippen molar-refractivity contribution in [1.29, 1.82) is 0 Å². The monoisotopic (exact) mass is 332 g/mol. The molecule has 0 saturated heterocycles. The molecule has 1 heterocycles. The fourth-order valence-corrected chi connectivity index (χ4v) is 2.60. The average Bonchev–Trinajstić information content (AvgIpc) is 2.89. The smallest absolute Gasteiger partial charge is 0.308 e. The van der Waals surface area contributed by atoms with Crippen molar-refractivity contribution in [3.8, 4) is 5.75 Å². The van der Waals surface area contributed by atoms with Crippen LogP contribution in [0, 0.1) is 0 Å². The van der Waals surface area contributed by atoms with Crippen LogP contribution in [0.5, 0.6) is 5.75 Å². The number of hydrogen-bond donors (Lipinski definition) is 2. The van der Waals surface area contributed by atoms with Crippen LogP contribution in [0.25, 0.3) is 0 Å². The molecule has 0 fully saturated rings. The standard InChI is InChI=1S/C15H16N4O3S/c1-3-12-13(23-15(16)18-12)14(21)19-17-8-10-4-6-11(7-5-10)22-9(2)20/h4-8H,3H2,1-2H3,(H2,16,18)(H,19,21)/b17-8-. The van der Waals surface area contributed by atoms with E-state index in [0.717, 1.165) is 16.9 Å². The Morgan fingerprint density at radius 2 is 2.09 bits per heavy atom. The number of hydrogen-bond acceptors (Lipinski definition) is 7. The van der Waals surface area contributed by atoms with Gasteiger partial charge in [-0.05, 0) is 36.2 Å². The maximum atomic E-state index is 12.0. The van der Waals surface area contributed by atoms with E-state index in [9.17, 15) is 9.59 Å². The Hall–Kier alpha value is -2.74. The second-order valence-corrected chi connectivity index (χ2v) is 5.57. The molecule has 1 amide bonds. The Morgan fingerprint density at radius 1 is 1.39 bits per heavy atom. The number of aryl methyl sites for hydroxylation is 1. The van der Waals surface area contributed by atoms with E-state index in [4.69, 9.17) is 10.5 Å². The minimum atomic E-state index is -0.380. The van der Waals surface area contributed by atoms with Gasteiger partial charge in [0.15, 0.2) is 5.13 Å². The molecule has 0 aliphatic heterocycles. The van der Waals surface area contributed by atoms with Gasteiger partial charge in [0.25, 0.3) is 5.91 Å². The second kappa shape index (κ2) is 7.50. The van der Waals surface area contributed by atoms with Crippen LogP contribution in [-0.4, -0.2) is 23.1 Å². The maximum absolute atomic E-state index is 12.0. The summed E-state index contributed by atoms with van der Waals surface area (Å²) in [6.07, 6.45) is 2.11. The summed E-state index contributed by atoms with van der Waals surface area (Å²) in [5, 5.41) is 4.26. The third-order valence-corrected chi connectivity index (χ3v) is 3.70. The summed E-state index contributed by atoms with van der Waals surface area (Å²) in [7, 11) is 0. The van der Waals surface area contributed by atoms with Crippen molar-refractivity contribution in [2.45, 2.75) is 20.3 Å². The third-order valence-electron chi connectivity index (χ3n) is 2.78. The highest BCUT2D eigenvalue weighted by molar-refractivity contribution is 7.17. The lowest BCUT2D eigenvalue weighted by Crippen LogP contribution is -2.17. The first kappa shape index (κ1) is 16.6. The number of benzene rings is 1. The van der Waals surface area contributed by atoms with Gasteiger partial charge in [-0.2, -0.15) is 5.10 Å². The topological polar surface area (TPSA) is 107 Å². The van der Waals surface area contributed by atoms with Crippen LogP contribution in [0.4, 0.5) is 5.13 Å². The zero-order valence-corrected chi connectivity index (χ0v) is 13.5. The van der Waals surface area contributed by atoms with Crippen LogP contribution >= 0.6 is 11.3 Å². The molecule has 1 aromatic carbocycles. The summed E-state index contributed by atoms with van der Waals surface area (Å²) in [6, 6.07) is 6.72. The Labute approximate surface area is 137 Å². The zero-order valence-electron chi connectivity index (χ0n) is 12.7. The number of esters is 1. The molecule has 0 spiro atoms. The normalized spacial score (nSPS) is 10.7. The molecule has 2 aromatic rings. The molecule has 0 radical (unpaired) electrons. The fourth-order valence-electron chi connectivity index (χ4n) is 1.79. The Bertz CT molecular complexity index is 738. The lowest BCUT2D eigenvalue weighted by molar-refractivity contribution is -0.131. The van der Waals surface area contributed by atoms with Gasteiger partial charge in [-0.3, -0.25) is 9.59 Å². The minimum Gasteiger partial charge on any atom is -0.427 e. The Morgan fingerprint density at radius 3 is 2.70 bits per heavy atom. The quantitative estimate of drug-likeness (QED) is 0.377. The van der Waals surface area contributed by atoms with E-state index in [-0.39, 0.29) is 11.9 Å². The van der Waals surface area contributed by atoms with Crippen molar-refractivity contribution in [1.82, 2.24) is 10.4 Å². The number of ether oxygens (including phenoxy) is 1. The summed E-state index contributed by atoms with van der Waals surface area (Å²) < 4.78 is 4.93. The number of hydrazone groups is 1. The lowest BCUT2D eigenvalue weighted by atomic mass is 10.2. The molecule has 8 heteroatoms. The lowest BCUT2D eigenvalue weighted by Gasteiger charge is -2.01. The van der Waals surface area contributed by atoms with Crippen molar-refractivity contribution >= 4 is 34.6 Å². The number of thiazole rings is 1. The molecule has 0 atom stereocenters. The van der Waals surface area contributed by atoms with Gasteiger partial charge < -0.3 is 10.5 Å². The van der Waals surface area contributed by atoms with Crippen LogP contribution < -0.4 is 15.9 Å². The first-order valence-corrected chi connectivity index (χ1v) is 7.68. The van der Waals surface area contributed by atoms with Gasteiger partial charge in [0.1, 0.15) is 10.6 Å². The van der Waals surface area contributed by atoms with E-state index in [2.05, 4.69) is 15.5 Å². The molecule has 0 aliphatic rings. The number of rotatable bonds is 5. The number of anilines is 1. The van der Waals surface area contributed by atoms with E-state index in [1.54, 1.807) is 24.3 Å². The van der Waals surface area contributed by atoms with Crippen LogP contribution in [0.3, 0.4) is 0 Å². The SMILES string of the molecule is CCc1nc(N)sc1C(=O)N/N=C\c1ccc(OC(C)=O)cc1. The number of nitrogen functional groups attached to an aromatic ring is 1. The summed E-state index contributed by atoms with van der Waals surface area (Å²) in [5.41, 5.74) is 9.47. The van der Waals surface area contributed by atoms with E-state index >= 15 is 0 Å². The van der Waals surface area contributed by atoms with Crippen LogP contribution in [0.15, 0.2) is 29.4 Å². The zero-order chi connectivity index (χ0) is 16.8. The molecule has 23 heavy (non-hydrogen) atoms. The molecule has 0 bridgehead atoms. The van der Waals surface area contributed by atoms with Gasteiger partial charge in [0.2, 0.25) is 0 Å². The third kappa shape index (κ3) is 4.62. The molecule has 0 aliphatic carbocycles. The number of carbonyl (C=O) groups excluding carboxylic acids is 2. The number of nitrogens with one attached hydrogen (secondary N) is 1. The molecule has 7 nitrogen and oxygen atoms in total. The van der Waals surface area contributed by atoms with Gasteiger partial charge in [0, 0.05) is 6.92 Å². The van der Waals surface area contributed by atoms with Gasteiger partial charge in [-0.1, -0.05) is 18.3 Å². The first-order valence-electron chi connectivity index (χ1n) is 6.86. The summed E-state index contributed by atoms with van der Waals surface area (Å²) >= 11 is 1.13. The molecule has 2 rings (SSSR count). The summed E-state index contributed by atoms with van der Waals surface area (Å²) in [6.45, 7) is 3.24. The van der Waals surface area contributed by atoms with E-state index in [1.165, 1.54) is 13.1 Å². The number of aromatic nitrogens is 1. The van der Waals surface area contributed by atoms with Gasteiger partial charge in [-0.25, -0.2) is 10.4 Å². The van der Waals surface area contributed by atoms with Gasteiger partial charge >= 0.3 is 5.97 Å². The maximum Gasteiger partial charge on any atom is 0.308 e. The van der Waals surface area contributed by atoms with E-state index in [1.807, 2.05) is 6.92 Å². The molecular weight excluding hydrogens is 316 g/mol. The van der Waals surface area contributed by atoms with Crippen molar-refractivity contribution in [3.63, 3.8) is 0 Å². The predicted octanol–water partition coefficient (Wildman–Crippen LogP) is 1.98. The molecule has 1 aromatic heterocycles. The van der Waals surface area contributed by atoms with Gasteiger partial charge in [0.05, 0.1) is 11.9 Å². The number of nitrogens with two attached hydrogens (primary N) is 1. The number of amides is 1. The van der Waals surface area contributed by atoms with Crippen molar-refractivity contribution in [3.05, 3.63) is 40.4 Å². The highest BCUT2D eigenvalue weighted by atomic mass is 32.1. The van der Waals surface area contributed by atoms with Gasteiger partial charge in [-0.15, -0.1) is 0 Å². The molecule has 120 valence electrons. The first-order chi connectivity index (χ1) is 11.0. The summed E-state index contributed by atoms with van der Waals surface area (Å²) in [4.78, 5) is 27.4. The van der Waals surface area contributed by atoms with E-state index < -0.39 is 0 Å². The molecule has 0 saturated carbocycles. The van der Waals surface area contributed by atoms with Crippen molar-refractivity contribution < 1.29 is 14.3 Å². The Kier molecular flexibility index (Phi) is 5.42. The second-order valence-electron chi connectivity index (χ2n) is 4.54. The fraction of sp³-hybridized carbons (Fsp3) is 0.200. The van der Waals surface area contributed by atoms with Crippen molar-refractivity contribution in [2.24, 2.45) is 5.10 Å². The van der Waals surface area contributed by atoms with Crippen molar-refractivity contribution in [2.75, 3.05) is 5.73 Å². The average molecular weight is 332 g/mol. The molecule has 3 N–H and O–H groups in total. The molecular formula is C15H16N4O3S. The predicted molar refractivity (Wildman–Crippen MR) is 88.7 cm³/mol. The number of carbonyl (C=O) groups is 2. The highest BCUT2D eigenvalue weighted by Gasteiger charge is 2.15. The van der Waals surface area contributed by atoms with Crippen LogP contribution in [0.1, 0.15) is 34.8 Å². The van der Waals surface area contributed by atoms with Crippen LogP contribution in [0.2, 0.25) is 0 Å². The number of nitrogens with zero attached hydrogens (tertiary/aromatic N) is 2. The highest BCUT2D eigenvalue weighted by Crippen LogP contribution is 2.20. The molecule has 0 unspecified atom stereocenters.